The number of rotatable bonds is 2. The summed E-state index contributed by atoms with van der Waals surface area (Å²) in [7, 11) is 0. The van der Waals surface area contributed by atoms with Crippen LogP contribution in [0.3, 0.4) is 0 Å². The molecule has 0 aliphatic heterocycles. The van der Waals surface area contributed by atoms with E-state index in [0.717, 1.165) is 35.2 Å². The maximum Gasteiger partial charge on any atom is 0.184 e. The number of hydrogen-bond donors (Lipinski definition) is 1. The van der Waals surface area contributed by atoms with Gasteiger partial charge in [-0.15, -0.1) is 0 Å². The van der Waals surface area contributed by atoms with Gasteiger partial charge in [0.1, 0.15) is 17.3 Å². The maximum atomic E-state index is 5.42. The molecule has 0 spiro atoms. The number of aromatic nitrogens is 3. The molecule has 0 aliphatic rings. The van der Waals surface area contributed by atoms with E-state index >= 15 is 0 Å². The summed E-state index contributed by atoms with van der Waals surface area (Å²) in [4.78, 5) is 4.35. The summed E-state index contributed by atoms with van der Waals surface area (Å²) in [6.07, 6.45) is 0.864. The zero-order chi connectivity index (χ0) is 10.1. The van der Waals surface area contributed by atoms with Crippen molar-refractivity contribution in [1.29, 1.82) is 0 Å². The standard InChI is InChI=1S/C10H13N3O/c1-4-9-11-10(13-12-9)8-5-6(2)14-7(8)3/h5H,4H2,1-3H3,(H,11,12,13). The van der Waals surface area contributed by atoms with Gasteiger partial charge in [0.15, 0.2) is 5.82 Å². The van der Waals surface area contributed by atoms with Gasteiger partial charge in [-0.1, -0.05) is 6.92 Å². The highest BCUT2D eigenvalue weighted by molar-refractivity contribution is 5.57. The fraction of sp³-hybridized carbons (Fsp3) is 0.400. The molecular formula is C10H13N3O. The molecule has 0 fully saturated rings. The summed E-state index contributed by atoms with van der Waals surface area (Å²) in [5, 5.41) is 7.02. The van der Waals surface area contributed by atoms with Crippen molar-refractivity contribution < 1.29 is 4.42 Å². The van der Waals surface area contributed by atoms with Gasteiger partial charge < -0.3 is 4.42 Å². The fourth-order valence-corrected chi connectivity index (χ4v) is 1.43. The molecule has 2 aromatic rings. The minimum absolute atomic E-state index is 0.719. The Balaban J connectivity index is 2.43. The molecule has 1 N–H and O–H groups in total. The monoisotopic (exact) mass is 191 g/mol. The fourth-order valence-electron chi connectivity index (χ4n) is 1.43. The highest BCUT2D eigenvalue weighted by Crippen LogP contribution is 2.23. The van der Waals surface area contributed by atoms with Crippen LogP contribution >= 0.6 is 0 Å². The molecule has 0 saturated carbocycles. The summed E-state index contributed by atoms with van der Waals surface area (Å²) in [6, 6.07) is 1.96. The molecule has 0 bridgehead atoms. The van der Waals surface area contributed by atoms with Gasteiger partial charge in [-0.3, -0.25) is 5.10 Å². The Morgan fingerprint density at radius 2 is 2.21 bits per heavy atom. The third-order valence-electron chi connectivity index (χ3n) is 2.15. The predicted molar refractivity (Wildman–Crippen MR) is 52.9 cm³/mol. The quantitative estimate of drug-likeness (QED) is 0.792. The normalized spacial score (nSPS) is 10.8. The zero-order valence-corrected chi connectivity index (χ0v) is 8.59. The number of nitrogens with one attached hydrogen (secondary N) is 1. The largest absolute Gasteiger partial charge is 0.466 e. The van der Waals surface area contributed by atoms with E-state index in [-0.39, 0.29) is 0 Å². The molecule has 2 aromatic heterocycles. The van der Waals surface area contributed by atoms with E-state index in [0.29, 0.717) is 0 Å². The van der Waals surface area contributed by atoms with E-state index in [2.05, 4.69) is 15.2 Å². The lowest BCUT2D eigenvalue weighted by Gasteiger charge is -1.88. The first-order valence-corrected chi connectivity index (χ1v) is 4.69. The van der Waals surface area contributed by atoms with Gasteiger partial charge in [-0.25, -0.2) is 4.98 Å². The first-order chi connectivity index (χ1) is 6.70. The van der Waals surface area contributed by atoms with Crippen LogP contribution in [0.15, 0.2) is 10.5 Å². The van der Waals surface area contributed by atoms with Crippen molar-refractivity contribution in [3.8, 4) is 11.4 Å². The van der Waals surface area contributed by atoms with Crippen molar-refractivity contribution in [2.24, 2.45) is 0 Å². The van der Waals surface area contributed by atoms with Crippen molar-refractivity contribution in [2.75, 3.05) is 0 Å². The summed E-state index contributed by atoms with van der Waals surface area (Å²) >= 11 is 0. The molecule has 0 radical (unpaired) electrons. The van der Waals surface area contributed by atoms with Gasteiger partial charge in [-0.2, -0.15) is 5.10 Å². The number of aryl methyl sites for hydroxylation is 3. The lowest BCUT2D eigenvalue weighted by molar-refractivity contribution is 0.505. The Hall–Kier alpha value is -1.58. The Morgan fingerprint density at radius 1 is 1.43 bits per heavy atom. The predicted octanol–water partition coefficient (Wildman–Crippen LogP) is 2.24. The van der Waals surface area contributed by atoms with E-state index in [1.54, 1.807) is 0 Å². The van der Waals surface area contributed by atoms with E-state index < -0.39 is 0 Å². The average Bonchev–Trinajstić information content (AvgIpc) is 2.71. The number of hydrogen-bond acceptors (Lipinski definition) is 3. The second-order valence-corrected chi connectivity index (χ2v) is 3.29. The Labute approximate surface area is 82.4 Å². The molecule has 0 aliphatic carbocycles. The Bertz CT molecular complexity index is 442. The molecule has 2 heterocycles. The van der Waals surface area contributed by atoms with Crippen LogP contribution in [0.25, 0.3) is 11.4 Å². The zero-order valence-electron chi connectivity index (χ0n) is 8.59. The lowest BCUT2D eigenvalue weighted by Crippen LogP contribution is -1.82. The highest BCUT2D eigenvalue weighted by atomic mass is 16.3. The van der Waals surface area contributed by atoms with Gasteiger partial charge in [0.2, 0.25) is 0 Å². The molecule has 2 rings (SSSR count). The van der Waals surface area contributed by atoms with Crippen LogP contribution in [-0.4, -0.2) is 15.2 Å². The molecule has 4 nitrogen and oxygen atoms in total. The van der Waals surface area contributed by atoms with Crippen LogP contribution in [-0.2, 0) is 6.42 Å². The lowest BCUT2D eigenvalue weighted by atomic mass is 10.2. The minimum Gasteiger partial charge on any atom is -0.466 e. The first-order valence-electron chi connectivity index (χ1n) is 4.69. The topological polar surface area (TPSA) is 54.7 Å². The van der Waals surface area contributed by atoms with E-state index in [1.165, 1.54) is 0 Å². The molecule has 0 aromatic carbocycles. The van der Waals surface area contributed by atoms with E-state index in [4.69, 9.17) is 4.42 Å². The number of furan rings is 1. The molecule has 0 unspecified atom stereocenters. The molecule has 4 heteroatoms. The van der Waals surface area contributed by atoms with E-state index in [1.807, 2.05) is 26.8 Å². The molecule has 74 valence electrons. The molecule has 0 amide bonds. The summed E-state index contributed by atoms with van der Waals surface area (Å²) in [6.45, 7) is 5.88. The van der Waals surface area contributed by atoms with Crippen molar-refractivity contribution >= 4 is 0 Å². The van der Waals surface area contributed by atoms with E-state index in [9.17, 15) is 0 Å². The second-order valence-electron chi connectivity index (χ2n) is 3.29. The average molecular weight is 191 g/mol. The van der Waals surface area contributed by atoms with Crippen molar-refractivity contribution in [3.05, 3.63) is 23.4 Å². The van der Waals surface area contributed by atoms with Gasteiger partial charge in [-0.05, 0) is 19.9 Å². The highest BCUT2D eigenvalue weighted by Gasteiger charge is 2.11. The van der Waals surface area contributed by atoms with Crippen LogP contribution in [0.2, 0.25) is 0 Å². The molecular weight excluding hydrogens is 178 g/mol. The molecule has 14 heavy (non-hydrogen) atoms. The first kappa shape index (κ1) is 8.99. The van der Waals surface area contributed by atoms with Crippen LogP contribution in [0.1, 0.15) is 24.3 Å². The second kappa shape index (κ2) is 3.29. The van der Waals surface area contributed by atoms with Gasteiger partial charge >= 0.3 is 0 Å². The van der Waals surface area contributed by atoms with Crippen LogP contribution in [0.4, 0.5) is 0 Å². The number of H-pyrrole nitrogens is 1. The third-order valence-corrected chi connectivity index (χ3v) is 2.15. The van der Waals surface area contributed by atoms with Crippen LogP contribution in [0, 0.1) is 13.8 Å². The van der Waals surface area contributed by atoms with Crippen LogP contribution in [0.5, 0.6) is 0 Å². The third kappa shape index (κ3) is 1.43. The molecule has 0 saturated heterocycles. The van der Waals surface area contributed by atoms with Gasteiger partial charge in [0, 0.05) is 6.42 Å². The van der Waals surface area contributed by atoms with Crippen molar-refractivity contribution in [3.63, 3.8) is 0 Å². The van der Waals surface area contributed by atoms with Gasteiger partial charge in [0.05, 0.1) is 5.56 Å². The summed E-state index contributed by atoms with van der Waals surface area (Å²) in [5.74, 6) is 3.37. The van der Waals surface area contributed by atoms with Crippen molar-refractivity contribution in [1.82, 2.24) is 15.2 Å². The van der Waals surface area contributed by atoms with Crippen molar-refractivity contribution in [2.45, 2.75) is 27.2 Å². The molecule has 0 atom stereocenters. The smallest absolute Gasteiger partial charge is 0.184 e. The van der Waals surface area contributed by atoms with Gasteiger partial charge in [0.25, 0.3) is 0 Å². The summed E-state index contributed by atoms with van der Waals surface area (Å²) in [5.41, 5.74) is 0.971. The maximum absolute atomic E-state index is 5.42. The Morgan fingerprint density at radius 3 is 2.71 bits per heavy atom. The minimum atomic E-state index is 0.719. The number of nitrogens with zero attached hydrogens (tertiary/aromatic N) is 2. The summed E-state index contributed by atoms with van der Waals surface area (Å²) < 4.78 is 5.42. The van der Waals surface area contributed by atoms with Crippen LogP contribution < -0.4 is 0 Å². The number of aromatic amines is 1. The SMILES string of the molecule is CCc1nc(-c2cc(C)oc2C)n[nH]1. The Kier molecular flexibility index (Phi) is 2.11.